The Bertz CT molecular complexity index is 771. The van der Waals surface area contributed by atoms with Crippen molar-refractivity contribution >= 4 is 23.5 Å². The lowest BCUT2D eigenvalue weighted by Gasteiger charge is -2.21. The average Bonchev–Trinajstić information content (AvgIpc) is 3.14. The first-order valence-electron chi connectivity index (χ1n) is 8.37. The van der Waals surface area contributed by atoms with E-state index in [0.29, 0.717) is 11.4 Å². The fourth-order valence-corrected chi connectivity index (χ4v) is 5.16. The second-order valence-corrected chi connectivity index (χ2v) is 7.32. The lowest BCUT2D eigenvalue weighted by Crippen LogP contribution is -2.34. The second-order valence-electron chi connectivity index (χ2n) is 7.32. The topological polar surface area (TPSA) is 63.7 Å². The highest BCUT2D eigenvalue weighted by Crippen LogP contribution is 2.73. The summed E-state index contributed by atoms with van der Waals surface area (Å²) < 4.78 is 5.00. The van der Waals surface area contributed by atoms with Crippen molar-refractivity contribution < 1.29 is 19.1 Å². The zero-order valence-corrected chi connectivity index (χ0v) is 13.3. The third kappa shape index (κ3) is 1.57. The van der Waals surface area contributed by atoms with Crippen LogP contribution in [-0.2, 0) is 14.4 Å². The number of hydrogen-bond acceptors (Lipinski definition) is 4. The molecule has 3 fully saturated rings. The summed E-state index contributed by atoms with van der Waals surface area (Å²) in [7, 11) is 0. The molecule has 1 aromatic rings. The maximum absolute atomic E-state index is 13.0. The van der Waals surface area contributed by atoms with Crippen molar-refractivity contribution in [2.24, 2.45) is 29.1 Å². The maximum atomic E-state index is 13.0. The molecule has 1 heterocycles. The van der Waals surface area contributed by atoms with Crippen molar-refractivity contribution in [3.8, 4) is 5.75 Å². The SMILES string of the molecule is CC(=O)Oc1ccc(N2C(=O)[C@H]3[C@H](C2=O)[C@H]2C=C[C@H]3C23CC3)cc1. The van der Waals surface area contributed by atoms with Crippen LogP contribution in [0.3, 0.4) is 0 Å². The van der Waals surface area contributed by atoms with Gasteiger partial charge in [0.25, 0.3) is 0 Å². The van der Waals surface area contributed by atoms with Gasteiger partial charge in [0.1, 0.15) is 5.75 Å². The van der Waals surface area contributed by atoms with Gasteiger partial charge in [0.2, 0.25) is 11.8 Å². The Morgan fingerprint density at radius 1 is 1.04 bits per heavy atom. The van der Waals surface area contributed by atoms with Gasteiger partial charge in [0.05, 0.1) is 17.5 Å². The number of benzene rings is 1. The summed E-state index contributed by atoms with van der Waals surface area (Å²) in [6.45, 7) is 1.33. The highest BCUT2D eigenvalue weighted by molar-refractivity contribution is 6.23. The van der Waals surface area contributed by atoms with E-state index in [4.69, 9.17) is 4.74 Å². The van der Waals surface area contributed by atoms with Crippen molar-refractivity contribution in [1.82, 2.24) is 0 Å². The predicted molar refractivity (Wildman–Crippen MR) is 85.0 cm³/mol. The number of amides is 2. The molecule has 5 nitrogen and oxygen atoms in total. The minimum Gasteiger partial charge on any atom is -0.427 e. The maximum Gasteiger partial charge on any atom is 0.308 e. The van der Waals surface area contributed by atoms with Crippen LogP contribution in [0.5, 0.6) is 5.75 Å². The lowest BCUT2D eigenvalue weighted by molar-refractivity contribution is -0.132. The number of allylic oxidation sites excluding steroid dienone is 2. The van der Waals surface area contributed by atoms with Gasteiger partial charge in [-0.3, -0.25) is 19.3 Å². The summed E-state index contributed by atoms with van der Waals surface area (Å²) in [4.78, 5) is 38.2. The number of ether oxygens (including phenoxy) is 1. The van der Waals surface area contributed by atoms with Crippen LogP contribution >= 0.6 is 0 Å². The van der Waals surface area contributed by atoms with E-state index in [0.717, 1.165) is 12.8 Å². The Morgan fingerprint density at radius 2 is 1.58 bits per heavy atom. The van der Waals surface area contributed by atoms with Crippen LogP contribution in [0.4, 0.5) is 5.69 Å². The van der Waals surface area contributed by atoms with Crippen LogP contribution in [-0.4, -0.2) is 17.8 Å². The molecule has 122 valence electrons. The van der Waals surface area contributed by atoms with E-state index in [2.05, 4.69) is 12.2 Å². The quantitative estimate of drug-likeness (QED) is 0.363. The molecular weight excluding hydrogens is 306 g/mol. The minimum atomic E-state index is -0.400. The summed E-state index contributed by atoms with van der Waals surface area (Å²) >= 11 is 0. The Balaban J connectivity index is 1.46. The number of esters is 1. The molecule has 1 aliphatic heterocycles. The van der Waals surface area contributed by atoms with Gasteiger partial charge in [-0.15, -0.1) is 0 Å². The van der Waals surface area contributed by atoms with E-state index in [9.17, 15) is 14.4 Å². The first kappa shape index (κ1) is 14.0. The summed E-state index contributed by atoms with van der Waals surface area (Å²) in [6, 6.07) is 6.55. The van der Waals surface area contributed by atoms with Crippen LogP contribution in [0.25, 0.3) is 0 Å². The zero-order chi connectivity index (χ0) is 16.6. The van der Waals surface area contributed by atoms with E-state index < -0.39 is 5.97 Å². The molecule has 0 unspecified atom stereocenters. The number of nitrogens with zero attached hydrogens (tertiary/aromatic N) is 1. The van der Waals surface area contributed by atoms with Crippen LogP contribution in [0, 0.1) is 29.1 Å². The van der Waals surface area contributed by atoms with E-state index >= 15 is 0 Å². The van der Waals surface area contributed by atoms with Crippen LogP contribution in [0.15, 0.2) is 36.4 Å². The van der Waals surface area contributed by atoms with Gasteiger partial charge in [-0.25, -0.2) is 0 Å². The monoisotopic (exact) mass is 323 g/mol. The molecule has 24 heavy (non-hydrogen) atoms. The fraction of sp³-hybridized carbons (Fsp3) is 0.421. The van der Waals surface area contributed by atoms with Crippen LogP contribution in [0.2, 0.25) is 0 Å². The van der Waals surface area contributed by atoms with Gasteiger partial charge in [-0.2, -0.15) is 0 Å². The van der Waals surface area contributed by atoms with E-state index in [1.807, 2.05) is 0 Å². The smallest absolute Gasteiger partial charge is 0.308 e. The first-order valence-corrected chi connectivity index (χ1v) is 8.37. The number of imide groups is 1. The highest BCUT2D eigenvalue weighted by atomic mass is 16.5. The molecule has 2 bridgehead atoms. The molecule has 1 saturated heterocycles. The Morgan fingerprint density at radius 3 is 2.04 bits per heavy atom. The van der Waals surface area contributed by atoms with E-state index in [1.165, 1.54) is 11.8 Å². The summed E-state index contributed by atoms with van der Waals surface area (Å²) in [6.07, 6.45) is 6.61. The van der Waals surface area contributed by atoms with Crippen LogP contribution in [0.1, 0.15) is 19.8 Å². The van der Waals surface area contributed by atoms with Crippen molar-refractivity contribution in [2.45, 2.75) is 19.8 Å². The number of fused-ring (bicyclic) bond motifs is 3. The molecule has 3 aliphatic carbocycles. The zero-order valence-electron chi connectivity index (χ0n) is 13.3. The van der Waals surface area contributed by atoms with Gasteiger partial charge in [-0.1, -0.05) is 12.2 Å². The third-order valence-electron chi connectivity index (χ3n) is 6.21. The molecule has 0 radical (unpaired) electrons. The van der Waals surface area contributed by atoms with Crippen LogP contribution < -0.4 is 9.64 Å². The molecule has 5 rings (SSSR count). The van der Waals surface area contributed by atoms with E-state index in [-0.39, 0.29) is 40.9 Å². The van der Waals surface area contributed by atoms with Gasteiger partial charge in [-0.05, 0) is 54.4 Å². The molecule has 1 aromatic carbocycles. The van der Waals surface area contributed by atoms with Crippen molar-refractivity contribution in [3.63, 3.8) is 0 Å². The number of anilines is 1. The molecule has 2 amide bonds. The molecule has 4 atom stereocenters. The molecule has 1 spiro atoms. The Kier molecular flexibility index (Phi) is 2.53. The Labute approximate surface area is 139 Å². The predicted octanol–water partition coefficient (Wildman–Crippen LogP) is 2.31. The highest BCUT2D eigenvalue weighted by Gasteiger charge is 2.73. The van der Waals surface area contributed by atoms with Gasteiger partial charge in [0.15, 0.2) is 0 Å². The average molecular weight is 323 g/mol. The summed E-state index contributed by atoms with van der Waals surface area (Å²) in [5.41, 5.74) is 0.769. The van der Waals surface area contributed by atoms with Crippen molar-refractivity contribution in [3.05, 3.63) is 36.4 Å². The number of carbonyl (C=O) groups is 3. The molecule has 5 heteroatoms. The standard InChI is InChI=1S/C19H17NO4/c1-10(21)24-12-4-2-11(3-5-12)20-17(22)15-13-6-7-14(16(15)18(20)23)19(13)8-9-19/h2-7,13-16H,8-9H2,1H3/t13-,14-,15-,16-/m1/s1. The Hall–Kier alpha value is -2.43. The van der Waals surface area contributed by atoms with Crippen molar-refractivity contribution in [1.29, 1.82) is 0 Å². The minimum absolute atomic E-state index is 0.0756. The summed E-state index contributed by atoms with van der Waals surface area (Å²) in [5, 5.41) is 0. The fourth-order valence-electron chi connectivity index (χ4n) is 5.16. The molecule has 2 saturated carbocycles. The van der Waals surface area contributed by atoms with Crippen molar-refractivity contribution in [2.75, 3.05) is 4.90 Å². The molecule has 0 N–H and O–H groups in total. The first-order chi connectivity index (χ1) is 11.5. The summed E-state index contributed by atoms with van der Waals surface area (Å²) in [5.74, 6) is -0.0660. The largest absolute Gasteiger partial charge is 0.427 e. The van der Waals surface area contributed by atoms with E-state index in [1.54, 1.807) is 24.3 Å². The number of hydrogen-bond donors (Lipinski definition) is 0. The number of carbonyl (C=O) groups excluding carboxylic acids is 3. The normalized spacial score (nSPS) is 34.1. The molecule has 0 aromatic heterocycles. The number of rotatable bonds is 2. The van der Waals surface area contributed by atoms with Gasteiger partial charge >= 0.3 is 5.97 Å². The van der Waals surface area contributed by atoms with Gasteiger partial charge in [0, 0.05) is 6.92 Å². The molecule has 4 aliphatic rings. The van der Waals surface area contributed by atoms with Gasteiger partial charge < -0.3 is 4.74 Å². The molecular formula is C19H17NO4. The third-order valence-corrected chi connectivity index (χ3v) is 6.21. The lowest BCUT2D eigenvalue weighted by atomic mass is 9.85. The second kappa shape index (κ2) is 4.35.